The summed E-state index contributed by atoms with van der Waals surface area (Å²) in [6.07, 6.45) is 2.45. The Morgan fingerprint density at radius 2 is 1.71 bits per heavy atom. The number of benzene rings is 2. The molecule has 0 unspecified atom stereocenters. The van der Waals surface area contributed by atoms with Gasteiger partial charge in [-0.05, 0) is 55.7 Å². The van der Waals surface area contributed by atoms with Crippen molar-refractivity contribution >= 4 is 15.9 Å². The second-order valence-corrected chi connectivity index (χ2v) is 10.2. The van der Waals surface area contributed by atoms with Crippen LogP contribution in [0.2, 0.25) is 0 Å². The second kappa shape index (κ2) is 8.66. The molecule has 0 N–H and O–H groups in total. The minimum atomic E-state index is -3.84. The third kappa shape index (κ3) is 3.77. The monoisotopic (exact) mass is 479 g/mol. The average molecular weight is 480 g/mol. The summed E-state index contributed by atoms with van der Waals surface area (Å²) in [6.45, 7) is 0.722. The summed E-state index contributed by atoms with van der Waals surface area (Å²) in [5, 5.41) is 13.9. The Morgan fingerprint density at radius 1 is 1.00 bits per heavy atom. The lowest BCUT2D eigenvalue weighted by atomic mass is 10.1. The van der Waals surface area contributed by atoms with E-state index >= 15 is 0 Å². The lowest BCUT2D eigenvalue weighted by Gasteiger charge is -2.33. The molecule has 0 spiro atoms. The molecule has 1 saturated heterocycles. The van der Waals surface area contributed by atoms with E-state index in [0.717, 1.165) is 30.5 Å². The molecule has 0 bridgehead atoms. The predicted molar refractivity (Wildman–Crippen MR) is 121 cm³/mol. The molecule has 174 valence electrons. The first-order valence-electron chi connectivity index (χ1n) is 11.1. The molecule has 0 atom stereocenters. The van der Waals surface area contributed by atoms with Gasteiger partial charge in [-0.3, -0.25) is 4.79 Å². The van der Waals surface area contributed by atoms with E-state index in [0.29, 0.717) is 11.4 Å². The molecule has 10 heteroatoms. The number of sulfonamides is 1. The van der Waals surface area contributed by atoms with Gasteiger partial charge in [0.15, 0.2) is 5.69 Å². The van der Waals surface area contributed by atoms with Gasteiger partial charge in [0.05, 0.1) is 16.1 Å². The molecule has 1 aliphatic carbocycles. The first-order chi connectivity index (χ1) is 16.4. The number of fused-ring (bicyclic) bond motifs is 1. The Morgan fingerprint density at radius 3 is 2.41 bits per heavy atom. The molecule has 1 aliphatic heterocycles. The van der Waals surface area contributed by atoms with Gasteiger partial charge >= 0.3 is 0 Å². The minimum absolute atomic E-state index is 0.0202. The third-order valence-electron chi connectivity index (χ3n) is 6.36. The zero-order valence-electron chi connectivity index (χ0n) is 18.3. The van der Waals surface area contributed by atoms with Gasteiger partial charge in [0.1, 0.15) is 11.9 Å². The van der Waals surface area contributed by atoms with Crippen molar-refractivity contribution in [3.05, 3.63) is 76.9 Å². The summed E-state index contributed by atoms with van der Waals surface area (Å²) >= 11 is 0. The molecule has 2 heterocycles. The van der Waals surface area contributed by atoms with Crippen LogP contribution < -0.4 is 0 Å². The maximum atomic E-state index is 13.4. The highest BCUT2D eigenvalue weighted by Gasteiger charge is 2.34. The highest BCUT2D eigenvalue weighted by atomic mass is 32.2. The number of aromatic nitrogens is 2. The van der Waals surface area contributed by atoms with Crippen molar-refractivity contribution in [2.24, 2.45) is 0 Å². The van der Waals surface area contributed by atoms with Crippen LogP contribution >= 0.6 is 0 Å². The van der Waals surface area contributed by atoms with Gasteiger partial charge in [0.25, 0.3) is 5.91 Å². The Bertz CT molecular complexity index is 1400. The quantitative estimate of drug-likeness (QED) is 0.573. The van der Waals surface area contributed by atoms with Gasteiger partial charge < -0.3 is 4.90 Å². The van der Waals surface area contributed by atoms with Gasteiger partial charge in [-0.15, -0.1) is 0 Å². The SMILES string of the molecule is N#Cc1ccccc1S(=O)(=O)N1CCN(C(=O)c2nn(-c3ccc(F)cc3)c3c2CCC3)CC1. The highest BCUT2D eigenvalue weighted by molar-refractivity contribution is 7.89. The molecule has 5 rings (SSSR count). The predicted octanol–water partition coefficient (Wildman–Crippen LogP) is 2.52. The van der Waals surface area contributed by atoms with Crippen LogP contribution in [0.3, 0.4) is 0 Å². The number of hydrogen-bond acceptors (Lipinski definition) is 5. The van der Waals surface area contributed by atoms with Crippen LogP contribution in [0.25, 0.3) is 5.69 Å². The van der Waals surface area contributed by atoms with Crippen molar-refractivity contribution in [1.29, 1.82) is 5.26 Å². The maximum absolute atomic E-state index is 13.4. The van der Waals surface area contributed by atoms with E-state index in [1.54, 1.807) is 33.8 Å². The molecular formula is C24H22FN5O3S. The fourth-order valence-corrected chi connectivity index (χ4v) is 6.17. The Balaban J connectivity index is 1.36. The smallest absolute Gasteiger partial charge is 0.274 e. The zero-order valence-corrected chi connectivity index (χ0v) is 19.1. The van der Waals surface area contributed by atoms with Crippen molar-refractivity contribution in [3.63, 3.8) is 0 Å². The Kier molecular flexibility index (Phi) is 5.67. The fourth-order valence-electron chi connectivity index (χ4n) is 4.61. The largest absolute Gasteiger partial charge is 0.335 e. The Labute approximate surface area is 196 Å². The van der Waals surface area contributed by atoms with Crippen LogP contribution in [-0.4, -0.2) is 59.5 Å². The van der Waals surface area contributed by atoms with Crippen LogP contribution in [0.15, 0.2) is 53.4 Å². The third-order valence-corrected chi connectivity index (χ3v) is 8.31. The van der Waals surface area contributed by atoms with Gasteiger partial charge in [0.2, 0.25) is 10.0 Å². The average Bonchev–Trinajstić information content (AvgIpc) is 3.47. The summed E-state index contributed by atoms with van der Waals surface area (Å²) < 4.78 is 42.6. The van der Waals surface area contributed by atoms with E-state index in [2.05, 4.69) is 5.10 Å². The molecule has 8 nitrogen and oxygen atoms in total. The standard InChI is InChI=1S/C24H22FN5O3S/c25-18-8-10-19(11-9-18)30-21-6-3-5-20(21)23(27-30)24(31)28-12-14-29(15-13-28)34(32,33)22-7-2-1-4-17(22)16-26/h1-2,4,7-11H,3,5-6,12-15H2. The number of amides is 1. The number of carbonyl (C=O) groups is 1. The van der Waals surface area contributed by atoms with Crippen molar-refractivity contribution in [3.8, 4) is 11.8 Å². The second-order valence-electron chi connectivity index (χ2n) is 8.32. The zero-order chi connectivity index (χ0) is 23.9. The molecule has 0 saturated carbocycles. The molecule has 1 fully saturated rings. The number of nitriles is 1. The number of piperazine rings is 1. The fraction of sp³-hybridized carbons (Fsp3) is 0.292. The van der Waals surface area contributed by atoms with Crippen LogP contribution in [0, 0.1) is 17.1 Å². The van der Waals surface area contributed by atoms with Gasteiger partial charge in [0, 0.05) is 37.4 Å². The van der Waals surface area contributed by atoms with Gasteiger partial charge in [-0.2, -0.15) is 14.7 Å². The van der Waals surface area contributed by atoms with Crippen molar-refractivity contribution in [2.75, 3.05) is 26.2 Å². The molecule has 0 radical (unpaired) electrons. The van der Waals surface area contributed by atoms with Crippen LogP contribution in [-0.2, 0) is 22.9 Å². The molecule has 1 aromatic heterocycles. The van der Waals surface area contributed by atoms with Crippen LogP contribution in [0.5, 0.6) is 0 Å². The number of halogens is 1. The number of nitrogens with zero attached hydrogens (tertiary/aromatic N) is 5. The van der Waals surface area contributed by atoms with Gasteiger partial charge in [-0.1, -0.05) is 12.1 Å². The minimum Gasteiger partial charge on any atom is -0.335 e. The first-order valence-corrected chi connectivity index (χ1v) is 12.5. The topological polar surface area (TPSA) is 99.3 Å². The van der Waals surface area contributed by atoms with E-state index in [-0.39, 0.29) is 48.4 Å². The lowest BCUT2D eigenvalue weighted by molar-refractivity contribution is 0.0690. The summed E-state index contributed by atoms with van der Waals surface area (Å²) in [5.41, 5.74) is 3.05. The summed E-state index contributed by atoms with van der Waals surface area (Å²) in [7, 11) is -3.84. The molecular weight excluding hydrogens is 457 g/mol. The summed E-state index contributed by atoms with van der Waals surface area (Å²) in [5.74, 6) is -0.567. The summed E-state index contributed by atoms with van der Waals surface area (Å²) in [4.78, 5) is 15.0. The van der Waals surface area contributed by atoms with Crippen molar-refractivity contribution < 1.29 is 17.6 Å². The van der Waals surface area contributed by atoms with Crippen molar-refractivity contribution in [1.82, 2.24) is 19.0 Å². The maximum Gasteiger partial charge on any atom is 0.274 e. The Hall–Kier alpha value is -3.55. The lowest BCUT2D eigenvalue weighted by Crippen LogP contribution is -2.50. The number of hydrogen-bond donors (Lipinski definition) is 0. The molecule has 2 aliphatic rings. The molecule has 2 aromatic carbocycles. The number of carbonyl (C=O) groups excluding carboxylic acids is 1. The normalized spacial score (nSPS) is 16.3. The molecule has 3 aromatic rings. The highest BCUT2D eigenvalue weighted by Crippen LogP contribution is 2.29. The first kappa shape index (κ1) is 22.3. The molecule has 34 heavy (non-hydrogen) atoms. The van der Waals surface area contributed by atoms with Crippen LogP contribution in [0.4, 0.5) is 4.39 Å². The van der Waals surface area contributed by atoms with E-state index < -0.39 is 10.0 Å². The van der Waals surface area contributed by atoms with E-state index in [1.807, 2.05) is 6.07 Å². The van der Waals surface area contributed by atoms with E-state index in [4.69, 9.17) is 0 Å². The van der Waals surface area contributed by atoms with Crippen LogP contribution in [0.1, 0.15) is 33.7 Å². The summed E-state index contributed by atoms with van der Waals surface area (Å²) in [6, 6.07) is 14.0. The van der Waals surface area contributed by atoms with E-state index in [9.17, 15) is 22.9 Å². The van der Waals surface area contributed by atoms with Crippen molar-refractivity contribution in [2.45, 2.75) is 24.2 Å². The van der Waals surface area contributed by atoms with E-state index in [1.165, 1.54) is 28.6 Å². The molecule has 1 amide bonds. The number of rotatable bonds is 4. The van der Waals surface area contributed by atoms with Gasteiger partial charge in [-0.25, -0.2) is 17.5 Å².